The molecule has 1 atom stereocenters. The molecule has 0 fully saturated rings. The molecule has 4 nitrogen and oxygen atoms in total. The van der Waals surface area contributed by atoms with Crippen LogP contribution in [0.2, 0.25) is 0 Å². The van der Waals surface area contributed by atoms with Crippen molar-refractivity contribution in [2.45, 2.75) is 32.9 Å². The van der Waals surface area contributed by atoms with Crippen LogP contribution in [0, 0.1) is 0 Å². The third-order valence-corrected chi connectivity index (χ3v) is 2.06. The molecule has 0 radical (unpaired) electrons. The third-order valence-electron chi connectivity index (χ3n) is 2.06. The van der Waals surface area contributed by atoms with Gasteiger partial charge in [0.2, 0.25) is 0 Å². The first-order chi connectivity index (χ1) is 6.77. The lowest BCUT2D eigenvalue weighted by molar-refractivity contribution is 0.0717. The maximum atomic E-state index is 5.49. The van der Waals surface area contributed by atoms with Crippen LogP contribution in [0.15, 0.2) is 12.4 Å². The van der Waals surface area contributed by atoms with Gasteiger partial charge in [-0.2, -0.15) is 5.10 Å². The lowest BCUT2D eigenvalue weighted by atomic mass is 10.2. The minimum absolute atomic E-state index is 0.0872. The summed E-state index contributed by atoms with van der Waals surface area (Å²) in [5, 5.41) is 4.24. The molecule has 0 aromatic carbocycles. The molecule has 1 unspecified atom stereocenters. The molecule has 2 N–H and O–H groups in total. The molecule has 14 heavy (non-hydrogen) atoms. The van der Waals surface area contributed by atoms with Crippen LogP contribution >= 0.6 is 0 Å². The number of hydrogen-bond acceptors (Lipinski definition) is 3. The minimum atomic E-state index is 0.0872. The molecule has 1 aromatic rings. The van der Waals surface area contributed by atoms with Crippen LogP contribution in [-0.4, -0.2) is 22.9 Å². The molecule has 0 saturated heterocycles. The van der Waals surface area contributed by atoms with Gasteiger partial charge in [0.1, 0.15) is 0 Å². The number of ether oxygens (including phenoxy) is 1. The number of rotatable bonds is 6. The molecular formula is C10H19N3O. The van der Waals surface area contributed by atoms with Crippen LogP contribution in [0.25, 0.3) is 0 Å². The van der Waals surface area contributed by atoms with Gasteiger partial charge in [0, 0.05) is 24.8 Å². The van der Waals surface area contributed by atoms with Gasteiger partial charge in [-0.15, -0.1) is 0 Å². The molecule has 1 aromatic heterocycles. The van der Waals surface area contributed by atoms with E-state index in [1.54, 1.807) is 0 Å². The Morgan fingerprint density at radius 1 is 1.64 bits per heavy atom. The van der Waals surface area contributed by atoms with Crippen LogP contribution in [0.1, 0.15) is 31.9 Å². The molecular weight excluding hydrogens is 178 g/mol. The van der Waals surface area contributed by atoms with E-state index in [-0.39, 0.29) is 6.10 Å². The number of nitrogens with two attached hydrogens (primary N) is 1. The van der Waals surface area contributed by atoms with E-state index in [2.05, 4.69) is 12.0 Å². The summed E-state index contributed by atoms with van der Waals surface area (Å²) in [4.78, 5) is 0. The molecule has 4 heteroatoms. The predicted octanol–water partition coefficient (Wildman–Crippen LogP) is 1.33. The monoisotopic (exact) mass is 197 g/mol. The van der Waals surface area contributed by atoms with E-state index in [0.29, 0.717) is 13.2 Å². The van der Waals surface area contributed by atoms with Crippen molar-refractivity contribution in [1.82, 2.24) is 9.78 Å². The fourth-order valence-electron chi connectivity index (χ4n) is 1.28. The summed E-state index contributed by atoms with van der Waals surface area (Å²) in [6.45, 7) is 6.27. The van der Waals surface area contributed by atoms with Crippen LogP contribution in [0.5, 0.6) is 0 Å². The van der Waals surface area contributed by atoms with Crippen molar-refractivity contribution < 1.29 is 4.74 Å². The van der Waals surface area contributed by atoms with Crippen LogP contribution in [-0.2, 0) is 11.3 Å². The zero-order chi connectivity index (χ0) is 10.4. The van der Waals surface area contributed by atoms with Crippen molar-refractivity contribution in [1.29, 1.82) is 0 Å². The second-order valence-corrected chi connectivity index (χ2v) is 3.34. The Hall–Kier alpha value is -0.870. The minimum Gasteiger partial charge on any atom is -0.372 e. The van der Waals surface area contributed by atoms with E-state index in [1.807, 2.05) is 24.0 Å². The zero-order valence-electron chi connectivity index (χ0n) is 8.94. The molecule has 0 aliphatic heterocycles. The zero-order valence-corrected chi connectivity index (χ0v) is 8.94. The van der Waals surface area contributed by atoms with E-state index < -0.39 is 0 Å². The highest BCUT2D eigenvalue weighted by Gasteiger charge is 2.07. The van der Waals surface area contributed by atoms with Gasteiger partial charge in [-0.1, -0.05) is 6.92 Å². The molecule has 1 rings (SSSR count). The van der Waals surface area contributed by atoms with Crippen molar-refractivity contribution in [3.8, 4) is 0 Å². The number of aryl methyl sites for hydroxylation is 1. The van der Waals surface area contributed by atoms with Crippen molar-refractivity contribution >= 4 is 0 Å². The van der Waals surface area contributed by atoms with Gasteiger partial charge in [-0.3, -0.25) is 4.68 Å². The maximum Gasteiger partial charge on any atom is 0.0827 e. The Bertz CT molecular complexity index is 260. The van der Waals surface area contributed by atoms with Gasteiger partial charge >= 0.3 is 0 Å². The first-order valence-corrected chi connectivity index (χ1v) is 5.12. The lowest BCUT2D eigenvalue weighted by Crippen LogP contribution is -2.10. The van der Waals surface area contributed by atoms with Gasteiger partial charge < -0.3 is 10.5 Å². The Balaban J connectivity index is 2.48. The quantitative estimate of drug-likeness (QED) is 0.748. The summed E-state index contributed by atoms with van der Waals surface area (Å²) in [5.74, 6) is 0. The maximum absolute atomic E-state index is 5.49. The third kappa shape index (κ3) is 3.12. The average molecular weight is 197 g/mol. The molecule has 0 aliphatic rings. The smallest absolute Gasteiger partial charge is 0.0827 e. The number of aromatic nitrogens is 2. The van der Waals surface area contributed by atoms with E-state index in [9.17, 15) is 0 Å². The van der Waals surface area contributed by atoms with E-state index in [0.717, 1.165) is 18.5 Å². The second-order valence-electron chi connectivity index (χ2n) is 3.34. The summed E-state index contributed by atoms with van der Waals surface area (Å²) in [6, 6.07) is 0. The van der Waals surface area contributed by atoms with Crippen molar-refractivity contribution in [2.75, 3.05) is 13.2 Å². The first-order valence-electron chi connectivity index (χ1n) is 5.12. The summed E-state index contributed by atoms with van der Waals surface area (Å²) in [7, 11) is 0. The van der Waals surface area contributed by atoms with E-state index in [1.165, 1.54) is 0 Å². The highest BCUT2D eigenvalue weighted by molar-refractivity contribution is 5.07. The van der Waals surface area contributed by atoms with Gasteiger partial charge in [0.15, 0.2) is 0 Å². The summed E-state index contributed by atoms with van der Waals surface area (Å²) >= 11 is 0. The van der Waals surface area contributed by atoms with Gasteiger partial charge in [0.05, 0.1) is 18.9 Å². The van der Waals surface area contributed by atoms with Crippen LogP contribution in [0.3, 0.4) is 0 Å². The van der Waals surface area contributed by atoms with Crippen molar-refractivity contribution in [3.63, 3.8) is 0 Å². The van der Waals surface area contributed by atoms with Crippen LogP contribution < -0.4 is 5.73 Å². The summed E-state index contributed by atoms with van der Waals surface area (Å²) < 4.78 is 7.43. The largest absolute Gasteiger partial charge is 0.372 e. The molecule has 0 amide bonds. The summed E-state index contributed by atoms with van der Waals surface area (Å²) in [6.07, 6.45) is 5.07. The predicted molar refractivity (Wildman–Crippen MR) is 55.9 cm³/mol. The SMILES string of the molecule is CCCn1cc(C(C)OCCN)cn1. The number of hydrogen-bond donors (Lipinski definition) is 1. The Morgan fingerprint density at radius 2 is 2.43 bits per heavy atom. The van der Waals surface area contributed by atoms with Gasteiger partial charge in [-0.25, -0.2) is 0 Å². The van der Waals surface area contributed by atoms with E-state index >= 15 is 0 Å². The van der Waals surface area contributed by atoms with Gasteiger partial charge in [-0.05, 0) is 13.3 Å². The Kier molecular flexibility index (Phi) is 4.62. The lowest BCUT2D eigenvalue weighted by Gasteiger charge is -2.09. The van der Waals surface area contributed by atoms with Crippen molar-refractivity contribution in [2.24, 2.45) is 5.73 Å². The van der Waals surface area contributed by atoms with Crippen LogP contribution in [0.4, 0.5) is 0 Å². The molecule has 0 aliphatic carbocycles. The first kappa shape index (κ1) is 11.2. The molecule has 1 heterocycles. The summed E-state index contributed by atoms with van der Waals surface area (Å²) in [5.41, 5.74) is 6.48. The molecule has 80 valence electrons. The number of nitrogens with zero attached hydrogens (tertiary/aromatic N) is 2. The Morgan fingerprint density at radius 3 is 3.07 bits per heavy atom. The van der Waals surface area contributed by atoms with Gasteiger partial charge in [0.25, 0.3) is 0 Å². The average Bonchev–Trinajstić information content (AvgIpc) is 2.63. The highest BCUT2D eigenvalue weighted by atomic mass is 16.5. The molecule has 0 saturated carbocycles. The van der Waals surface area contributed by atoms with Crippen molar-refractivity contribution in [3.05, 3.63) is 18.0 Å². The second kappa shape index (κ2) is 5.78. The highest BCUT2D eigenvalue weighted by Crippen LogP contribution is 2.15. The normalized spacial score (nSPS) is 13.1. The van der Waals surface area contributed by atoms with E-state index in [4.69, 9.17) is 10.5 Å². The molecule has 0 spiro atoms. The standard InChI is InChI=1S/C10H19N3O/c1-3-5-13-8-10(7-12-13)9(2)14-6-4-11/h7-9H,3-6,11H2,1-2H3. The Labute approximate surface area is 85.0 Å². The fourth-order valence-corrected chi connectivity index (χ4v) is 1.28. The fraction of sp³-hybridized carbons (Fsp3) is 0.700. The topological polar surface area (TPSA) is 53.1 Å². The molecule has 0 bridgehead atoms.